The molecule has 28 heavy (non-hydrogen) atoms. The molecule has 0 aliphatic heterocycles. The smallest absolute Gasteiger partial charge is 0.387 e. The molecule has 1 amide bonds. The van der Waals surface area contributed by atoms with Crippen molar-refractivity contribution in [2.75, 3.05) is 0 Å². The van der Waals surface area contributed by atoms with Gasteiger partial charge in [0.1, 0.15) is 11.3 Å². The normalized spacial score (nSPS) is 11.2. The van der Waals surface area contributed by atoms with Crippen molar-refractivity contribution >= 4 is 27.6 Å². The van der Waals surface area contributed by atoms with Gasteiger partial charge in [-0.3, -0.25) is 4.79 Å². The lowest BCUT2D eigenvalue weighted by molar-refractivity contribution is -0.120. The topological polar surface area (TPSA) is 51.5 Å². The van der Waals surface area contributed by atoms with E-state index in [4.69, 9.17) is 4.42 Å². The zero-order valence-corrected chi connectivity index (χ0v) is 14.8. The van der Waals surface area contributed by atoms with Gasteiger partial charge in [-0.15, -0.1) is 0 Å². The van der Waals surface area contributed by atoms with Gasteiger partial charge in [0.05, 0.1) is 12.7 Å². The molecule has 1 aromatic heterocycles. The summed E-state index contributed by atoms with van der Waals surface area (Å²) in [6.07, 6.45) is 1.81. The number of carbonyl (C=O) groups excluding carboxylic acids is 1. The molecule has 1 heterocycles. The maximum atomic E-state index is 12.4. The molecule has 0 atom stereocenters. The molecule has 0 saturated heterocycles. The van der Waals surface area contributed by atoms with Crippen LogP contribution >= 0.6 is 0 Å². The second kappa shape index (κ2) is 7.68. The molecule has 0 unspecified atom stereocenters. The van der Waals surface area contributed by atoms with E-state index in [1.807, 2.05) is 36.4 Å². The summed E-state index contributed by atoms with van der Waals surface area (Å²) in [7, 11) is 0. The van der Waals surface area contributed by atoms with Crippen molar-refractivity contribution in [1.29, 1.82) is 0 Å². The fraction of sp³-hybridized carbons (Fsp3) is 0.136. The monoisotopic (exact) mass is 381 g/mol. The zero-order valence-electron chi connectivity index (χ0n) is 14.8. The second-order valence-electron chi connectivity index (χ2n) is 6.40. The van der Waals surface area contributed by atoms with Crippen LogP contribution in [0, 0.1) is 0 Å². The van der Waals surface area contributed by atoms with Gasteiger partial charge in [0.2, 0.25) is 5.91 Å². The third-order valence-electron chi connectivity index (χ3n) is 4.53. The Morgan fingerprint density at radius 2 is 1.82 bits per heavy atom. The van der Waals surface area contributed by atoms with Gasteiger partial charge in [-0.1, -0.05) is 42.5 Å². The molecular weight excluding hydrogens is 364 g/mol. The first-order chi connectivity index (χ1) is 13.6. The highest BCUT2D eigenvalue weighted by molar-refractivity contribution is 6.08. The zero-order chi connectivity index (χ0) is 19.5. The van der Waals surface area contributed by atoms with Gasteiger partial charge in [0.25, 0.3) is 0 Å². The summed E-state index contributed by atoms with van der Waals surface area (Å²) in [6.45, 7) is -2.56. The van der Waals surface area contributed by atoms with Crippen molar-refractivity contribution in [2.45, 2.75) is 19.6 Å². The van der Waals surface area contributed by atoms with Crippen LogP contribution in [0.25, 0.3) is 21.7 Å². The molecule has 3 aromatic carbocycles. The molecule has 0 saturated carbocycles. The molecule has 4 nitrogen and oxygen atoms in total. The van der Waals surface area contributed by atoms with E-state index in [0.717, 1.165) is 32.9 Å². The van der Waals surface area contributed by atoms with Gasteiger partial charge in [0, 0.05) is 17.5 Å². The summed E-state index contributed by atoms with van der Waals surface area (Å²) in [6, 6.07) is 18.0. The van der Waals surface area contributed by atoms with Crippen molar-refractivity contribution in [3.63, 3.8) is 0 Å². The van der Waals surface area contributed by atoms with E-state index in [1.165, 1.54) is 12.1 Å². The van der Waals surface area contributed by atoms with Gasteiger partial charge in [-0.05, 0) is 34.5 Å². The Hall–Kier alpha value is -3.41. The molecule has 0 spiro atoms. The van der Waals surface area contributed by atoms with E-state index in [9.17, 15) is 13.6 Å². The van der Waals surface area contributed by atoms with E-state index >= 15 is 0 Å². The second-order valence-corrected chi connectivity index (χ2v) is 6.40. The maximum Gasteiger partial charge on any atom is 0.387 e. The first kappa shape index (κ1) is 18.0. The van der Waals surface area contributed by atoms with E-state index in [2.05, 4.69) is 10.1 Å². The van der Waals surface area contributed by atoms with Crippen molar-refractivity contribution in [2.24, 2.45) is 0 Å². The number of amides is 1. The first-order valence-electron chi connectivity index (χ1n) is 8.78. The minimum atomic E-state index is -2.86. The lowest BCUT2D eigenvalue weighted by Gasteiger charge is -2.07. The SMILES string of the molecule is O=C(Cc1coc2ccc3ccccc3c12)NCc1ccc(OC(F)F)cc1. The molecule has 4 rings (SSSR count). The molecule has 0 bridgehead atoms. The number of halogens is 2. The maximum absolute atomic E-state index is 12.4. The molecule has 0 aliphatic rings. The standard InChI is InChI=1S/C22H17F2NO3/c23-22(24)28-17-8-5-14(6-9-17)12-25-20(26)11-16-13-27-19-10-7-15-3-1-2-4-18(15)21(16)19/h1-10,13,22H,11-12H2,(H,25,26). The Bertz CT molecular complexity index is 1120. The third-order valence-corrected chi connectivity index (χ3v) is 4.53. The predicted octanol–water partition coefficient (Wildman–Crippen LogP) is 5.05. The van der Waals surface area contributed by atoms with Gasteiger partial charge in [-0.2, -0.15) is 8.78 Å². The largest absolute Gasteiger partial charge is 0.464 e. The van der Waals surface area contributed by atoms with Crippen LogP contribution in [-0.2, 0) is 17.8 Å². The van der Waals surface area contributed by atoms with Crippen LogP contribution in [0.3, 0.4) is 0 Å². The Labute approximate surface area is 159 Å². The van der Waals surface area contributed by atoms with Crippen LogP contribution in [-0.4, -0.2) is 12.5 Å². The van der Waals surface area contributed by atoms with Gasteiger partial charge < -0.3 is 14.5 Å². The van der Waals surface area contributed by atoms with Crippen LogP contribution < -0.4 is 10.1 Å². The number of rotatable bonds is 6. The van der Waals surface area contributed by atoms with Crippen LogP contribution in [0.4, 0.5) is 8.78 Å². The Morgan fingerprint density at radius 3 is 2.61 bits per heavy atom. The summed E-state index contributed by atoms with van der Waals surface area (Å²) < 4.78 is 34.3. The fourth-order valence-electron chi connectivity index (χ4n) is 3.23. The quantitative estimate of drug-likeness (QED) is 0.509. The number of hydrogen-bond donors (Lipinski definition) is 1. The van der Waals surface area contributed by atoms with Gasteiger partial charge in [0.15, 0.2) is 0 Å². The summed E-state index contributed by atoms with van der Waals surface area (Å²) in [5.74, 6) is -0.0645. The van der Waals surface area contributed by atoms with Crippen molar-refractivity contribution < 1.29 is 22.7 Å². The number of benzene rings is 3. The van der Waals surface area contributed by atoms with Crippen molar-refractivity contribution in [3.05, 3.63) is 78.1 Å². The van der Waals surface area contributed by atoms with E-state index in [1.54, 1.807) is 18.4 Å². The summed E-state index contributed by atoms with van der Waals surface area (Å²) >= 11 is 0. The summed E-state index contributed by atoms with van der Waals surface area (Å²) in [4.78, 5) is 12.4. The van der Waals surface area contributed by atoms with Crippen molar-refractivity contribution in [3.8, 4) is 5.75 Å². The average molecular weight is 381 g/mol. The number of ether oxygens (including phenoxy) is 1. The molecule has 142 valence electrons. The molecule has 0 fully saturated rings. The third kappa shape index (κ3) is 3.81. The highest BCUT2D eigenvalue weighted by Crippen LogP contribution is 2.30. The number of alkyl halides is 2. The molecule has 0 aliphatic carbocycles. The lowest BCUT2D eigenvalue weighted by Crippen LogP contribution is -2.24. The van der Waals surface area contributed by atoms with Crippen LogP contribution in [0.2, 0.25) is 0 Å². The molecule has 1 N–H and O–H groups in total. The molecule has 0 radical (unpaired) electrons. The Kier molecular flexibility index (Phi) is 4.93. The van der Waals surface area contributed by atoms with E-state index < -0.39 is 6.61 Å². The minimum Gasteiger partial charge on any atom is -0.464 e. The highest BCUT2D eigenvalue weighted by Gasteiger charge is 2.13. The summed E-state index contributed by atoms with van der Waals surface area (Å²) in [5, 5.41) is 5.92. The average Bonchev–Trinajstić information content (AvgIpc) is 3.10. The van der Waals surface area contributed by atoms with Gasteiger partial charge in [-0.25, -0.2) is 0 Å². The minimum absolute atomic E-state index is 0.0850. The predicted molar refractivity (Wildman–Crippen MR) is 102 cm³/mol. The van der Waals surface area contributed by atoms with Crippen LogP contribution in [0.1, 0.15) is 11.1 Å². The van der Waals surface area contributed by atoms with Crippen molar-refractivity contribution in [1.82, 2.24) is 5.32 Å². The number of carbonyl (C=O) groups is 1. The number of fused-ring (bicyclic) bond motifs is 3. The van der Waals surface area contributed by atoms with E-state index in [-0.39, 0.29) is 18.1 Å². The first-order valence-corrected chi connectivity index (χ1v) is 8.78. The number of furan rings is 1. The van der Waals surface area contributed by atoms with E-state index in [0.29, 0.717) is 6.54 Å². The van der Waals surface area contributed by atoms with Crippen LogP contribution in [0.5, 0.6) is 5.75 Å². The van der Waals surface area contributed by atoms with Crippen LogP contribution in [0.15, 0.2) is 71.3 Å². The number of nitrogens with one attached hydrogen (secondary N) is 1. The van der Waals surface area contributed by atoms with Gasteiger partial charge >= 0.3 is 6.61 Å². The Morgan fingerprint density at radius 1 is 1.04 bits per heavy atom. The fourth-order valence-corrected chi connectivity index (χ4v) is 3.23. The lowest BCUT2D eigenvalue weighted by atomic mass is 10.0. The summed E-state index contributed by atoms with van der Waals surface area (Å²) in [5.41, 5.74) is 2.36. The number of hydrogen-bond acceptors (Lipinski definition) is 3. The molecule has 6 heteroatoms. The Balaban J connectivity index is 1.45. The molecule has 4 aromatic rings. The molecular formula is C22H17F2NO3. The highest BCUT2D eigenvalue weighted by atomic mass is 19.3.